The van der Waals surface area contributed by atoms with Gasteiger partial charge in [0.2, 0.25) is 0 Å². The summed E-state index contributed by atoms with van der Waals surface area (Å²) in [6, 6.07) is 21.1. The molecule has 0 saturated carbocycles. The van der Waals surface area contributed by atoms with Gasteiger partial charge in [0.15, 0.2) is 0 Å². The molecule has 0 radical (unpaired) electrons. The Kier molecular flexibility index (Phi) is 4.54. The third kappa shape index (κ3) is 3.90. The zero-order valence-corrected chi connectivity index (χ0v) is 16.8. The van der Waals surface area contributed by atoms with Crippen molar-refractivity contribution in [1.82, 2.24) is 4.98 Å². The lowest BCUT2D eigenvalue weighted by Gasteiger charge is -2.23. The highest BCUT2D eigenvalue weighted by Crippen LogP contribution is 2.26. The predicted octanol–water partition coefficient (Wildman–Crippen LogP) is 6.08. The van der Waals surface area contributed by atoms with Crippen LogP contribution < -0.4 is 5.19 Å². The van der Waals surface area contributed by atoms with Crippen molar-refractivity contribution >= 4 is 13.3 Å². The summed E-state index contributed by atoms with van der Waals surface area (Å²) < 4.78 is 8.59. The summed E-state index contributed by atoms with van der Waals surface area (Å²) in [5, 5.41) is 1.28. The third-order valence-corrected chi connectivity index (χ3v) is 6.55. The molecule has 1 nitrogen and oxygen atoms in total. The first-order valence-electron chi connectivity index (χ1n) is 9.33. The largest absolute Gasteiger partial charge is 0.256 e. The van der Waals surface area contributed by atoms with E-state index in [4.69, 9.17) is 6.35 Å². The SMILES string of the molecule is [2H]C(C)(C)c1cc(-c2ccc(-c3ccccc3)cc2)ncc1[Si](C)(C)C. The van der Waals surface area contributed by atoms with Crippen LogP contribution in [0.3, 0.4) is 0 Å². The molecule has 0 aliphatic heterocycles. The van der Waals surface area contributed by atoms with Crippen molar-refractivity contribution in [1.29, 1.82) is 0 Å². The van der Waals surface area contributed by atoms with Gasteiger partial charge in [-0.05, 0) is 33.8 Å². The fraction of sp³-hybridized carbons (Fsp3) is 0.261. The van der Waals surface area contributed by atoms with Crippen LogP contribution in [0.25, 0.3) is 22.4 Å². The van der Waals surface area contributed by atoms with Crippen LogP contribution in [0.15, 0.2) is 66.9 Å². The van der Waals surface area contributed by atoms with Gasteiger partial charge in [-0.1, -0.05) is 88.1 Å². The van der Waals surface area contributed by atoms with E-state index >= 15 is 0 Å². The Morgan fingerprint density at radius 1 is 0.840 bits per heavy atom. The fourth-order valence-corrected chi connectivity index (χ4v) is 4.67. The van der Waals surface area contributed by atoms with Crippen molar-refractivity contribution in [2.45, 2.75) is 39.4 Å². The summed E-state index contributed by atoms with van der Waals surface area (Å²) >= 11 is 0. The molecule has 0 saturated heterocycles. The molecule has 0 fully saturated rings. The minimum absolute atomic E-state index is 0.628. The zero-order chi connectivity index (χ0) is 18.9. The molecular weight excluding hydrogens is 318 g/mol. The molecule has 0 N–H and O–H groups in total. The molecule has 3 aromatic rings. The topological polar surface area (TPSA) is 12.9 Å². The van der Waals surface area contributed by atoms with E-state index in [9.17, 15) is 0 Å². The van der Waals surface area contributed by atoms with Gasteiger partial charge >= 0.3 is 0 Å². The van der Waals surface area contributed by atoms with Gasteiger partial charge in [-0.15, -0.1) is 0 Å². The molecule has 1 aromatic heterocycles. The standard InChI is InChI=1S/C23H27NSi/c1-17(2)21-15-22(24-16-23(21)25(3,4)5)20-13-11-19(12-14-20)18-9-7-6-8-10-18/h6-17H,1-5H3/i17D. The average molecular weight is 347 g/mol. The van der Waals surface area contributed by atoms with E-state index in [-0.39, 0.29) is 0 Å². The molecule has 2 heteroatoms. The van der Waals surface area contributed by atoms with E-state index in [1.54, 1.807) is 0 Å². The molecule has 0 spiro atoms. The Labute approximate surface area is 154 Å². The molecular formula is C23H27NSi. The summed E-state index contributed by atoms with van der Waals surface area (Å²) in [6.07, 6.45) is 2.01. The number of nitrogens with zero attached hydrogens (tertiary/aromatic N) is 1. The minimum Gasteiger partial charge on any atom is -0.256 e. The van der Waals surface area contributed by atoms with Gasteiger partial charge in [-0.2, -0.15) is 0 Å². The second-order valence-electron chi connectivity index (χ2n) is 7.81. The second-order valence-corrected chi connectivity index (χ2v) is 12.8. The van der Waals surface area contributed by atoms with E-state index in [0.717, 1.165) is 16.8 Å². The first-order chi connectivity index (χ1) is 12.2. The summed E-state index contributed by atoms with van der Waals surface area (Å²) in [4.78, 5) is 4.74. The smallest absolute Gasteiger partial charge is 0.0799 e. The number of aromatic nitrogens is 1. The van der Waals surface area contributed by atoms with Crippen molar-refractivity contribution in [3.8, 4) is 22.4 Å². The van der Waals surface area contributed by atoms with Crippen LogP contribution in [0.2, 0.25) is 19.6 Å². The summed E-state index contributed by atoms with van der Waals surface area (Å²) in [5.41, 5.74) is 5.57. The van der Waals surface area contributed by atoms with Crippen molar-refractivity contribution in [3.63, 3.8) is 0 Å². The highest BCUT2D eigenvalue weighted by atomic mass is 28.3. The van der Waals surface area contributed by atoms with Crippen molar-refractivity contribution in [2.24, 2.45) is 0 Å². The summed E-state index contributed by atoms with van der Waals surface area (Å²) in [7, 11) is -1.55. The molecule has 0 bridgehead atoms. The van der Waals surface area contributed by atoms with Gasteiger partial charge in [0.1, 0.15) is 0 Å². The molecule has 0 aliphatic rings. The molecule has 0 unspecified atom stereocenters. The average Bonchev–Trinajstić information content (AvgIpc) is 2.61. The molecule has 3 rings (SSSR count). The lowest BCUT2D eigenvalue weighted by atomic mass is 9.99. The van der Waals surface area contributed by atoms with Gasteiger partial charge < -0.3 is 0 Å². The Hall–Kier alpha value is -2.19. The van der Waals surface area contributed by atoms with Gasteiger partial charge in [0.05, 0.1) is 13.8 Å². The number of hydrogen-bond acceptors (Lipinski definition) is 1. The van der Waals surface area contributed by atoms with Crippen LogP contribution in [0.1, 0.15) is 26.7 Å². The third-order valence-electron chi connectivity index (χ3n) is 4.54. The van der Waals surface area contributed by atoms with Crippen molar-refractivity contribution in [2.75, 3.05) is 0 Å². The quantitative estimate of drug-likeness (QED) is 0.521. The predicted molar refractivity (Wildman–Crippen MR) is 112 cm³/mol. The van der Waals surface area contributed by atoms with E-state index in [1.807, 2.05) is 26.1 Å². The molecule has 0 aliphatic carbocycles. The zero-order valence-electron chi connectivity index (χ0n) is 16.8. The lowest BCUT2D eigenvalue weighted by molar-refractivity contribution is 0.870. The van der Waals surface area contributed by atoms with Crippen LogP contribution in [0.4, 0.5) is 0 Å². The molecule has 2 aromatic carbocycles. The lowest BCUT2D eigenvalue weighted by Crippen LogP contribution is -2.40. The van der Waals surface area contributed by atoms with Crippen LogP contribution in [-0.2, 0) is 0 Å². The van der Waals surface area contributed by atoms with E-state index in [2.05, 4.69) is 74.2 Å². The van der Waals surface area contributed by atoms with E-state index < -0.39 is 14.0 Å². The maximum atomic E-state index is 8.59. The van der Waals surface area contributed by atoms with Crippen molar-refractivity contribution < 1.29 is 1.37 Å². The maximum Gasteiger partial charge on any atom is 0.0799 e. The van der Waals surface area contributed by atoms with Crippen LogP contribution >= 0.6 is 0 Å². The van der Waals surface area contributed by atoms with E-state index in [0.29, 0.717) is 0 Å². The minimum atomic E-state index is -1.55. The Bertz CT molecular complexity index is 888. The molecule has 1 heterocycles. The second kappa shape index (κ2) is 6.97. The number of benzene rings is 2. The van der Waals surface area contributed by atoms with Crippen LogP contribution in [0, 0.1) is 0 Å². The van der Waals surface area contributed by atoms with Crippen LogP contribution in [-0.4, -0.2) is 13.1 Å². The number of rotatable bonds is 4. The highest BCUT2D eigenvalue weighted by Gasteiger charge is 2.22. The molecule has 0 amide bonds. The first kappa shape index (κ1) is 16.3. The summed E-state index contributed by atoms with van der Waals surface area (Å²) in [5.74, 6) is -0.628. The van der Waals surface area contributed by atoms with Gasteiger partial charge in [0, 0.05) is 13.1 Å². The van der Waals surface area contributed by atoms with Gasteiger partial charge in [0.25, 0.3) is 0 Å². The molecule has 0 atom stereocenters. The fourth-order valence-electron chi connectivity index (χ4n) is 3.09. The molecule has 25 heavy (non-hydrogen) atoms. The normalized spacial score (nSPS) is 12.8. The monoisotopic (exact) mass is 346 g/mol. The Morgan fingerprint density at radius 2 is 1.40 bits per heavy atom. The Balaban J connectivity index is 2.02. The van der Waals surface area contributed by atoms with Crippen molar-refractivity contribution in [3.05, 3.63) is 72.4 Å². The number of pyridine rings is 1. The van der Waals surface area contributed by atoms with Crippen LogP contribution in [0.5, 0.6) is 0 Å². The summed E-state index contributed by atoms with van der Waals surface area (Å²) in [6.45, 7) is 10.9. The highest BCUT2D eigenvalue weighted by molar-refractivity contribution is 6.89. The van der Waals surface area contributed by atoms with E-state index in [1.165, 1.54) is 16.3 Å². The van der Waals surface area contributed by atoms with Gasteiger partial charge in [-0.3, -0.25) is 4.98 Å². The Morgan fingerprint density at radius 3 is 1.96 bits per heavy atom. The maximum absolute atomic E-state index is 8.59. The van der Waals surface area contributed by atoms with Gasteiger partial charge in [-0.25, -0.2) is 0 Å². The molecule has 128 valence electrons. The number of hydrogen-bond donors (Lipinski definition) is 0. The first-order valence-corrected chi connectivity index (χ1v) is 12.3.